The number of hydrogen-bond donors (Lipinski definition) is 2. The predicted molar refractivity (Wildman–Crippen MR) is 128 cm³/mol. The van der Waals surface area contributed by atoms with Crippen LogP contribution in [-0.2, 0) is 6.61 Å². The molecule has 0 aliphatic carbocycles. The van der Waals surface area contributed by atoms with Crippen molar-refractivity contribution in [2.45, 2.75) is 39.8 Å². The van der Waals surface area contributed by atoms with Crippen molar-refractivity contribution in [3.05, 3.63) is 83.7 Å². The number of anilines is 1. The third-order valence-electron chi connectivity index (χ3n) is 4.54. The van der Waals surface area contributed by atoms with Gasteiger partial charge in [0, 0.05) is 34.7 Å². The Hall–Kier alpha value is -3.87. The number of ether oxygens (including phenoxy) is 2. The molecule has 2 amide bonds. The molecule has 1 aromatic heterocycles. The van der Waals surface area contributed by atoms with Crippen molar-refractivity contribution in [3.63, 3.8) is 0 Å². The lowest BCUT2D eigenvalue weighted by Crippen LogP contribution is -2.40. The van der Waals surface area contributed by atoms with Gasteiger partial charge in [0.25, 0.3) is 11.8 Å². The molecule has 2 aromatic carbocycles. The average molecular weight is 448 g/mol. The van der Waals surface area contributed by atoms with E-state index in [1.165, 1.54) is 0 Å². The summed E-state index contributed by atoms with van der Waals surface area (Å²) in [5.41, 5.74) is 2.20. The van der Waals surface area contributed by atoms with E-state index in [9.17, 15) is 9.59 Å². The summed E-state index contributed by atoms with van der Waals surface area (Å²) in [6.45, 7) is 8.44. The van der Waals surface area contributed by atoms with Gasteiger partial charge < -0.3 is 20.1 Å². The number of rotatable bonds is 8. The third kappa shape index (κ3) is 7.07. The molecule has 0 bridgehead atoms. The Kier molecular flexibility index (Phi) is 7.66. The molecule has 0 saturated carbocycles. The highest BCUT2D eigenvalue weighted by Crippen LogP contribution is 2.29. The van der Waals surface area contributed by atoms with Crippen LogP contribution in [0.15, 0.2) is 67.0 Å². The van der Waals surface area contributed by atoms with E-state index in [0.717, 1.165) is 5.56 Å². The fourth-order valence-electron chi connectivity index (χ4n) is 3.00. The molecule has 0 aliphatic heterocycles. The lowest BCUT2D eigenvalue weighted by molar-refractivity contribution is 0.0919. The summed E-state index contributed by atoms with van der Waals surface area (Å²) in [6, 6.07) is 15.6. The molecule has 0 unspecified atom stereocenters. The summed E-state index contributed by atoms with van der Waals surface area (Å²) in [5, 5.41) is 5.76. The van der Waals surface area contributed by atoms with Crippen LogP contribution in [-0.4, -0.2) is 28.9 Å². The highest BCUT2D eigenvalue weighted by atomic mass is 16.5. The second kappa shape index (κ2) is 10.6. The third-order valence-corrected chi connectivity index (χ3v) is 4.54. The van der Waals surface area contributed by atoms with E-state index in [4.69, 9.17) is 9.47 Å². The van der Waals surface area contributed by atoms with Gasteiger partial charge in [0.1, 0.15) is 6.61 Å². The van der Waals surface area contributed by atoms with Crippen molar-refractivity contribution in [1.82, 2.24) is 10.3 Å². The average Bonchev–Trinajstić information content (AvgIpc) is 2.78. The predicted octanol–water partition coefficient (Wildman–Crippen LogP) is 4.84. The summed E-state index contributed by atoms with van der Waals surface area (Å²) in [7, 11) is 0. The number of carbonyl (C=O) groups excluding carboxylic acids is 2. The van der Waals surface area contributed by atoms with Gasteiger partial charge in [-0.3, -0.25) is 14.6 Å². The Morgan fingerprint density at radius 3 is 2.15 bits per heavy atom. The molecule has 1 heterocycles. The number of nitrogens with zero attached hydrogens (tertiary/aromatic N) is 1. The van der Waals surface area contributed by atoms with Crippen LogP contribution < -0.4 is 20.1 Å². The van der Waals surface area contributed by atoms with Crippen LogP contribution in [0.25, 0.3) is 0 Å². The number of aromatic nitrogens is 1. The quantitative estimate of drug-likeness (QED) is 0.516. The number of hydrogen-bond acceptors (Lipinski definition) is 5. The Labute approximate surface area is 194 Å². The van der Waals surface area contributed by atoms with Gasteiger partial charge in [0.05, 0.1) is 6.61 Å². The Morgan fingerprint density at radius 1 is 0.848 bits per heavy atom. The molecule has 3 aromatic rings. The van der Waals surface area contributed by atoms with E-state index < -0.39 is 0 Å². The largest absolute Gasteiger partial charge is 0.490 e. The summed E-state index contributed by atoms with van der Waals surface area (Å²) < 4.78 is 11.6. The smallest absolute Gasteiger partial charge is 0.255 e. The zero-order chi connectivity index (χ0) is 23.8. The SMILES string of the molecule is CCOc1cc(C(=O)Nc2ccc(C(=O)NC(C)(C)C)cc2)ccc1OCc1ccncc1. The molecular weight excluding hydrogens is 418 g/mol. The van der Waals surface area contributed by atoms with Crippen LogP contribution in [0.5, 0.6) is 11.5 Å². The van der Waals surface area contributed by atoms with Crippen LogP contribution >= 0.6 is 0 Å². The van der Waals surface area contributed by atoms with Crippen LogP contribution in [0, 0.1) is 0 Å². The number of nitrogens with one attached hydrogen (secondary N) is 2. The van der Waals surface area contributed by atoms with E-state index in [0.29, 0.717) is 41.5 Å². The molecule has 0 atom stereocenters. The minimum atomic E-state index is -0.323. The van der Waals surface area contributed by atoms with Crippen molar-refractivity contribution >= 4 is 17.5 Å². The van der Waals surface area contributed by atoms with Crippen LogP contribution in [0.1, 0.15) is 54.0 Å². The van der Waals surface area contributed by atoms with Gasteiger partial charge >= 0.3 is 0 Å². The first-order valence-electron chi connectivity index (χ1n) is 10.8. The summed E-state index contributed by atoms with van der Waals surface area (Å²) in [5.74, 6) is 0.598. The maximum absolute atomic E-state index is 12.8. The summed E-state index contributed by atoms with van der Waals surface area (Å²) >= 11 is 0. The minimum Gasteiger partial charge on any atom is -0.490 e. The van der Waals surface area contributed by atoms with Gasteiger partial charge in [-0.25, -0.2) is 0 Å². The highest BCUT2D eigenvalue weighted by molar-refractivity contribution is 6.05. The Morgan fingerprint density at radius 2 is 1.52 bits per heavy atom. The van der Waals surface area contributed by atoms with Gasteiger partial charge in [0.15, 0.2) is 11.5 Å². The maximum Gasteiger partial charge on any atom is 0.255 e. The number of carbonyl (C=O) groups is 2. The molecule has 0 radical (unpaired) electrons. The maximum atomic E-state index is 12.8. The van der Waals surface area contributed by atoms with Gasteiger partial charge in [-0.2, -0.15) is 0 Å². The van der Waals surface area contributed by atoms with Crippen LogP contribution in [0.3, 0.4) is 0 Å². The first kappa shape index (κ1) is 23.8. The summed E-state index contributed by atoms with van der Waals surface area (Å²) in [4.78, 5) is 29.0. The van der Waals surface area contributed by atoms with Crippen molar-refractivity contribution in [1.29, 1.82) is 0 Å². The first-order chi connectivity index (χ1) is 15.7. The fraction of sp³-hybridized carbons (Fsp3) is 0.269. The lowest BCUT2D eigenvalue weighted by Gasteiger charge is -2.20. The van der Waals surface area contributed by atoms with E-state index in [1.54, 1.807) is 54.9 Å². The van der Waals surface area contributed by atoms with Gasteiger partial charge in [-0.05, 0) is 87.9 Å². The topological polar surface area (TPSA) is 89.5 Å². The van der Waals surface area contributed by atoms with E-state index in [-0.39, 0.29) is 17.4 Å². The molecule has 0 spiro atoms. The second-order valence-electron chi connectivity index (χ2n) is 8.47. The molecule has 33 heavy (non-hydrogen) atoms. The monoisotopic (exact) mass is 447 g/mol. The van der Waals surface area contributed by atoms with E-state index >= 15 is 0 Å². The van der Waals surface area contributed by atoms with E-state index in [1.807, 2.05) is 39.8 Å². The molecule has 0 saturated heterocycles. The Bertz CT molecular complexity index is 1090. The highest BCUT2D eigenvalue weighted by Gasteiger charge is 2.16. The van der Waals surface area contributed by atoms with Gasteiger partial charge in [0.2, 0.25) is 0 Å². The van der Waals surface area contributed by atoms with Crippen LogP contribution in [0.2, 0.25) is 0 Å². The molecule has 3 rings (SSSR count). The Balaban J connectivity index is 1.67. The molecule has 172 valence electrons. The molecule has 0 aliphatic rings. The second-order valence-corrected chi connectivity index (χ2v) is 8.47. The van der Waals surface area contributed by atoms with Crippen LogP contribution in [0.4, 0.5) is 5.69 Å². The molecular formula is C26H29N3O4. The van der Waals surface area contributed by atoms with E-state index in [2.05, 4.69) is 15.6 Å². The molecule has 7 nitrogen and oxygen atoms in total. The molecule has 0 fully saturated rings. The first-order valence-corrected chi connectivity index (χ1v) is 10.8. The standard InChI is InChI=1S/C26H29N3O4/c1-5-32-23-16-20(8-11-22(23)33-17-18-12-14-27-15-13-18)24(30)28-21-9-6-19(7-10-21)25(31)29-26(2,3)4/h6-16H,5,17H2,1-4H3,(H,28,30)(H,29,31). The molecule has 2 N–H and O–H groups in total. The van der Waals surface area contributed by atoms with Gasteiger partial charge in [-0.15, -0.1) is 0 Å². The number of amides is 2. The molecule has 7 heteroatoms. The van der Waals surface area contributed by atoms with Crippen molar-refractivity contribution in [2.75, 3.05) is 11.9 Å². The zero-order valence-electron chi connectivity index (χ0n) is 19.3. The number of benzene rings is 2. The zero-order valence-corrected chi connectivity index (χ0v) is 19.3. The van der Waals surface area contributed by atoms with Crippen molar-refractivity contribution in [3.8, 4) is 11.5 Å². The lowest BCUT2D eigenvalue weighted by atomic mass is 10.1. The summed E-state index contributed by atoms with van der Waals surface area (Å²) in [6.07, 6.45) is 3.41. The van der Waals surface area contributed by atoms with Crippen molar-refractivity contribution < 1.29 is 19.1 Å². The normalized spacial score (nSPS) is 10.9. The van der Waals surface area contributed by atoms with Gasteiger partial charge in [-0.1, -0.05) is 0 Å². The number of pyridine rings is 1. The fourth-order valence-corrected chi connectivity index (χ4v) is 3.00. The van der Waals surface area contributed by atoms with Crippen molar-refractivity contribution in [2.24, 2.45) is 0 Å². The minimum absolute atomic E-state index is 0.163.